The number of ether oxygens (including phenoxy) is 1. The lowest BCUT2D eigenvalue weighted by Crippen LogP contribution is -2.57. The molecule has 3 amide bonds. The quantitative estimate of drug-likeness (QED) is 0.771. The van der Waals surface area contributed by atoms with E-state index in [9.17, 15) is 14.4 Å². The third kappa shape index (κ3) is 3.54. The predicted octanol–water partition coefficient (Wildman–Crippen LogP) is 1.71. The van der Waals surface area contributed by atoms with E-state index in [2.05, 4.69) is 12.2 Å². The van der Waals surface area contributed by atoms with Crippen molar-refractivity contribution in [2.45, 2.75) is 44.9 Å². The first-order chi connectivity index (χ1) is 13.0. The molecule has 0 bridgehead atoms. The summed E-state index contributed by atoms with van der Waals surface area (Å²) in [5.74, 6) is -0.730. The fraction of sp³-hybridized carbons (Fsp3) is 0.550. The predicted molar refractivity (Wildman–Crippen MR) is 106 cm³/mol. The molecule has 0 spiro atoms. The summed E-state index contributed by atoms with van der Waals surface area (Å²) in [4.78, 5) is 41.5. The van der Waals surface area contributed by atoms with E-state index in [-0.39, 0.29) is 54.9 Å². The number of hydrogen-bond donors (Lipinski definition) is 1. The molecule has 3 aliphatic heterocycles. The van der Waals surface area contributed by atoms with Crippen LogP contribution in [-0.2, 0) is 4.74 Å². The number of amides is 3. The maximum Gasteiger partial charge on any atom is 0.261 e. The van der Waals surface area contributed by atoms with Gasteiger partial charge in [0.25, 0.3) is 17.7 Å². The molecule has 1 N–H and O–H groups in total. The molecule has 0 saturated carbocycles. The van der Waals surface area contributed by atoms with Gasteiger partial charge in [-0.15, -0.1) is 12.4 Å². The van der Waals surface area contributed by atoms with Gasteiger partial charge >= 0.3 is 0 Å². The first-order valence-corrected chi connectivity index (χ1v) is 9.63. The van der Waals surface area contributed by atoms with Crippen LogP contribution in [0.5, 0.6) is 0 Å². The topological polar surface area (TPSA) is 79.0 Å². The lowest BCUT2D eigenvalue weighted by Gasteiger charge is -2.38. The fourth-order valence-electron chi connectivity index (χ4n) is 4.09. The highest BCUT2D eigenvalue weighted by Gasteiger charge is 2.38. The molecule has 1 aromatic carbocycles. The van der Waals surface area contributed by atoms with E-state index in [1.807, 2.05) is 11.8 Å². The second-order valence-corrected chi connectivity index (χ2v) is 7.60. The molecule has 0 radical (unpaired) electrons. The molecule has 4 rings (SSSR count). The molecule has 8 heteroatoms. The van der Waals surface area contributed by atoms with Crippen LogP contribution in [0.25, 0.3) is 0 Å². The third-order valence-corrected chi connectivity index (χ3v) is 5.92. The molecular weight excluding hydrogens is 382 g/mol. The van der Waals surface area contributed by atoms with E-state index in [0.29, 0.717) is 29.8 Å². The zero-order valence-corrected chi connectivity index (χ0v) is 17.0. The molecule has 3 aliphatic rings. The fourth-order valence-corrected chi connectivity index (χ4v) is 4.09. The van der Waals surface area contributed by atoms with Gasteiger partial charge in [-0.05, 0) is 44.9 Å². The number of rotatable bonds is 3. The van der Waals surface area contributed by atoms with Crippen molar-refractivity contribution in [3.63, 3.8) is 0 Å². The maximum atomic E-state index is 13.0. The second kappa shape index (κ2) is 8.19. The first-order valence-electron chi connectivity index (χ1n) is 9.63. The summed E-state index contributed by atoms with van der Waals surface area (Å²) < 4.78 is 5.56. The van der Waals surface area contributed by atoms with Gasteiger partial charge in [-0.1, -0.05) is 0 Å². The zero-order valence-electron chi connectivity index (χ0n) is 16.1. The third-order valence-electron chi connectivity index (χ3n) is 5.92. The summed E-state index contributed by atoms with van der Waals surface area (Å²) >= 11 is 0. The minimum absolute atomic E-state index is 0. The highest BCUT2D eigenvalue weighted by molar-refractivity contribution is 6.22. The van der Waals surface area contributed by atoms with Crippen molar-refractivity contribution in [1.29, 1.82) is 0 Å². The monoisotopic (exact) mass is 407 g/mol. The van der Waals surface area contributed by atoms with Crippen LogP contribution in [0.3, 0.4) is 0 Å². The Hall–Kier alpha value is -1.96. The van der Waals surface area contributed by atoms with E-state index >= 15 is 0 Å². The van der Waals surface area contributed by atoms with E-state index < -0.39 is 0 Å². The number of benzene rings is 1. The van der Waals surface area contributed by atoms with Crippen LogP contribution in [0, 0.1) is 0 Å². The second-order valence-electron chi connectivity index (χ2n) is 7.60. The van der Waals surface area contributed by atoms with Gasteiger partial charge in [-0.25, -0.2) is 0 Å². The van der Waals surface area contributed by atoms with Gasteiger partial charge in [-0.2, -0.15) is 0 Å². The summed E-state index contributed by atoms with van der Waals surface area (Å²) in [7, 11) is 0. The molecule has 152 valence electrons. The largest absolute Gasteiger partial charge is 0.376 e. The van der Waals surface area contributed by atoms with Gasteiger partial charge in [0, 0.05) is 37.3 Å². The summed E-state index contributed by atoms with van der Waals surface area (Å²) in [6.45, 7) is 6.39. The van der Waals surface area contributed by atoms with Crippen LogP contribution in [0.1, 0.15) is 57.8 Å². The summed E-state index contributed by atoms with van der Waals surface area (Å²) in [6, 6.07) is 5.11. The number of halogens is 1. The van der Waals surface area contributed by atoms with Gasteiger partial charge in [-0.3, -0.25) is 19.3 Å². The highest BCUT2D eigenvalue weighted by Crippen LogP contribution is 2.27. The van der Waals surface area contributed by atoms with E-state index in [0.717, 1.165) is 19.4 Å². The normalized spacial score (nSPS) is 27.0. The highest BCUT2D eigenvalue weighted by atomic mass is 35.5. The summed E-state index contributed by atoms with van der Waals surface area (Å²) in [5, 5.41) is 3.35. The molecule has 0 aliphatic carbocycles. The number of nitrogens with zero attached hydrogens (tertiary/aromatic N) is 2. The first kappa shape index (κ1) is 20.8. The summed E-state index contributed by atoms with van der Waals surface area (Å²) in [6.07, 6.45) is 1.72. The molecular formula is C20H26ClN3O4. The van der Waals surface area contributed by atoms with E-state index in [4.69, 9.17) is 4.74 Å². The van der Waals surface area contributed by atoms with Gasteiger partial charge < -0.3 is 15.0 Å². The Kier molecular flexibility index (Phi) is 6.07. The van der Waals surface area contributed by atoms with E-state index in [1.165, 1.54) is 4.90 Å². The van der Waals surface area contributed by atoms with Gasteiger partial charge in [0.1, 0.15) is 0 Å². The molecule has 7 nitrogen and oxygen atoms in total. The Bertz CT molecular complexity index is 794. The van der Waals surface area contributed by atoms with Gasteiger partial charge in [0.05, 0.1) is 23.8 Å². The average molecular weight is 408 g/mol. The van der Waals surface area contributed by atoms with E-state index in [1.54, 1.807) is 18.2 Å². The Morgan fingerprint density at radius 1 is 1.21 bits per heavy atom. The van der Waals surface area contributed by atoms with Crippen LogP contribution in [0.15, 0.2) is 18.2 Å². The van der Waals surface area contributed by atoms with Gasteiger partial charge in [0.2, 0.25) is 0 Å². The standard InChI is InChI=1S/C20H25N3O4.ClH/c1-12-13(2)22(8-7-21-12)18(24)14-5-6-16-17(10-14)20(26)23(19(16)25)11-15-4-3-9-27-15;/h5-6,10,12-13,15,21H,3-4,7-9,11H2,1-2H3;1H. The van der Waals surface area contributed by atoms with Crippen LogP contribution >= 0.6 is 12.4 Å². The molecule has 2 saturated heterocycles. The molecule has 3 heterocycles. The van der Waals surface area contributed by atoms with Crippen LogP contribution in [0.4, 0.5) is 0 Å². The van der Waals surface area contributed by atoms with Crippen molar-refractivity contribution in [2.24, 2.45) is 0 Å². The smallest absolute Gasteiger partial charge is 0.261 e. The van der Waals surface area contributed by atoms with Crippen molar-refractivity contribution in [1.82, 2.24) is 15.1 Å². The average Bonchev–Trinajstić information content (AvgIpc) is 3.26. The Morgan fingerprint density at radius 3 is 2.68 bits per heavy atom. The number of fused-ring (bicyclic) bond motifs is 1. The molecule has 0 aromatic heterocycles. The van der Waals surface area contributed by atoms with Crippen molar-refractivity contribution in [3.05, 3.63) is 34.9 Å². The number of piperazine rings is 1. The number of carbonyl (C=O) groups is 3. The van der Waals surface area contributed by atoms with Crippen molar-refractivity contribution < 1.29 is 19.1 Å². The van der Waals surface area contributed by atoms with Gasteiger partial charge in [0.15, 0.2) is 0 Å². The molecule has 3 atom stereocenters. The Morgan fingerprint density at radius 2 is 1.96 bits per heavy atom. The number of hydrogen-bond acceptors (Lipinski definition) is 5. The Labute approximate surface area is 170 Å². The lowest BCUT2D eigenvalue weighted by atomic mass is 10.0. The molecule has 2 fully saturated rings. The number of carbonyl (C=O) groups excluding carboxylic acids is 3. The zero-order chi connectivity index (χ0) is 19.1. The van der Waals surface area contributed by atoms with Crippen molar-refractivity contribution >= 4 is 30.1 Å². The maximum absolute atomic E-state index is 13.0. The number of nitrogens with one attached hydrogen (secondary N) is 1. The minimum atomic E-state index is -0.332. The molecule has 1 aromatic rings. The SMILES string of the molecule is CC1NCCN(C(=O)c2ccc3c(c2)C(=O)N(CC2CCCO2)C3=O)C1C.Cl. The summed E-state index contributed by atoms with van der Waals surface area (Å²) in [5.41, 5.74) is 1.14. The number of imide groups is 1. The van der Waals surface area contributed by atoms with Crippen LogP contribution < -0.4 is 5.32 Å². The van der Waals surface area contributed by atoms with Crippen LogP contribution in [0.2, 0.25) is 0 Å². The Balaban J connectivity index is 0.00000225. The van der Waals surface area contributed by atoms with Crippen molar-refractivity contribution in [2.75, 3.05) is 26.2 Å². The molecule has 28 heavy (non-hydrogen) atoms. The van der Waals surface area contributed by atoms with Crippen molar-refractivity contribution in [3.8, 4) is 0 Å². The lowest BCUT2D eigenvalue weighted by molar-refractivity contribution is 0.0475. The van der Waals surface area contributed by atoms with Crippen LogP contribution in [-0.4, -0.2) is 72.0 Å². The molecule has 3 unspecified atom stereocenters. The minimum Gasteiger partial charge on any atom is -0.376 e.